The highest BCUT2D eigenvalue weighted by Gasteiger charge is 2.38. The molecule has 2 amide bonds. The van der Waals surface area contributed by atoms with E-state index in [4.69, 9.17) is 23.2 Å². The van der Waals surface area contributed by atoms with Crippen molar-refractivity contribution >= 4 is 67.5 Å². The molecule has 0 spiro atoms. The number of urea groups is 1. The maximum Gasteiger partial charge on any atom is 0.336 e. The Kier molecular flexibility index (Phi) is 4.47. The normalized spacial score (nSPS) is 16.0. The van der Waals surface area contributed by atoms with E-state index in [0.717, 1.165) is 7.88 Å². The van der Waals surface area contributed by atoms with Crippen molar-refractivity contribution in [2.75, 3.05) is 5.32 Å². The highest BCUT2D eigenvalue weighted by molar-refractivity contribution is 14.1. The summed E-state index contributed by atoms with van der Waals surface area (Å²) in [5, 5.41) is 2.73. The summed E-state index contributed by atoms with van der Waals surface area (Å²) < 4.78 is 27.3. The van der Waals surface area contributed by atoms with Crippen LogP contribution in [0.25, 0.3) is 0 Å². The topological polar surface area (TPSA) is 66.5 Å². The van der Waals surface area contributed by atoms with Crippen LogP contribution in [0.1, 0.15) is 5.56 Å². The molecule has 0 bridgehead atoms. The van der Waals surface area contributed by atoms with Crippen molar-refractivity contribution in [1.29, 1.82) is 0 Å². The molecule has 1 heterocycles. The SMILES string of the molecule is O=C1Nc2cc(Cl)cc(Cl)c2S(=O)(=O)N1Cc1ccc(I)cc1. The lowest BCUT2D eigenvalue weighted by atomic mass is 10.2. The third kappa shape index (κ3) is 3.15. The molecule has 120 valence electrons. The van der Waals surface area contributed by atoms with Crippen LogP contribution in [0.2, 0.25) is 10.0 Å². The molecular weight excluding hydrogens is 474 g/mol. The van der Waals surface area contributed by atoms with Crippen molar-refractivity contribution in [2.24, 2.45) is 0 Å². The lowest BCUT2D eigenvalue weighted by Gasteiger charge is -2.29. The molecule has 1 aliphatic heterocycles. The minimum atomic E-state index is -4.06. The molecular formula is C14H9Cl2IN2O3S. The van der Waals surface area contributed by atoms with Gasteiger partial charge in [0, 0.05) is 8.59 Å². The van der Waals surface area contributed by atoms with Crippen LogP contribution in [0.4, 0.5) is 10.5 Å². The van der Waals surface area contributed by atoms with Crippen LogP contribution in [0.3, 0.4) is 0 Å². The van der Waals surface area contributed by atoms with Crippen molar-refractivity contribution in [3.05, 3.63) is 55.6 Å². The quantitative estimate of drug-likeness (QED) is 0.647. The molecule has 0 atom stereocenters. The van der Waals surface area contributed by atoms with Crippen molar-refractivity contribution in [3.8, 4) is 0 Å². The van der Waals surface area contributed by atoms with Gasteiger partial charge in [-0.1, -0.05) is 35.3 Å². The molecule has 0 radical (unpaired) electrons. The molecule has 5 nitrogen and oxygen atoms in total. The predicted molar refractivity (Wildman–Crippen MR) is 97.4 cm³/mol. The van der Waals surface area contributed by atoms with Gasteiger partial charge in [-0.05, 0) is 52.4 Å². The molecule has 3 rings (SSSR count). The summed E-state index contributed by atoms with van der Waals surface area (Å²) in [6, 6.07) is 9.17. The fourth-order valence-corrected chi connectivity index (χ4v) is 4.87. The summed E-state index contributed by atoms with van der Waals surface area (Å²) in [6.45, 7) is -0.0799. The van der Waals surface area contributed by atoms with Gasteiger partial charge < -0.3 is 5.32 Å². The van der Waals surface area contributed by atoms with Gasteiger partial charge in [0.2, 0.25) is 0 Å². The van der Waals surface area contributed by atoms with E-state index in [1.807, 2.05) is 12.1 Å². The van der Waals surface area contributed by atoms with E-state index in [1.165, 1.54) is 12.1 Å². The second-order valence-electron chi connectivity index (χ2n) is 4.83. The van der Waals surface area contributed by atoms with Crippen LogP contribution >= 0.6 is 45.8 Å². The van der Waals surface area contributed by atoms with E-state index in [1.54, 1.807) is 12.1 Å². The van der Waals surface area contributed by atoms with E-state index in [-0.39, 0.29) is 27.2 Å². The van der Waals surface area contributed by atoms with Crippen LogP contribution in [-0.2, 0) is 16.6 Å². The van der Waals surface area contributed by atoms with Crippen LogP contribution in [-0.4, -0.2) is 18.8 Å². The number of hydrogen-bond acceptors (Lipinski definition) is 3. The average molecular weight is 483 g/mol. The van der Waals surface area contributed by atoms with Gasteiger partial charge in [-0.3, -0.25) is 0 Å². The maximum absolute atomic E-state index is 12.8. The number of anilines is 1. The van der Waals surface area contributed by atoms with Gasteiger partial charge in [0.05, 0.1) is 17.3 Å². The van der Waals surface area contributed by atoms with Gasteiger partial charge in [0.15, 0.2) is 0 Å². The number of fused-ring (bicyclic) bond motifs is 1. The lowest BCUT2D eigenvalue weighted by molar-refractivity contribution is 0.233. The molecule has 23 heavy (non-hydrogen) atoms. The molecule has 1 aliphatic rings. The van der Waals surface area contributed by atoms with Gasteiger partial charge >= 0.3 is 6.03 Å². The first-order chi connectivity index (χ1) is 10.8. The Labute approximate surface area is 156 Å². The van der Waals surface area contributed by atoms with Crippen LogP contribution in [0, 0.1) is 3.57 Å². The number of nitrogens with one attached hydrogen (secondary N) is 1. The standard InChI is InChI=1S/C14H9Cl2IN2O3S/c15-9-5-11(16)13-12(6-9)18-14(20)19(23(13,21)22)7-8-1-3-10(17)4-2-8/h1-6H,7H2,(H,18,20). The zero-order valence-electron chi connectivity index (χ0n) is 11.4. The van der Waals surface area contributed by atoms with E-state index in [2.05, 4.69) is 27.9 Å². The third-order valence-corrected chi connectivity index (χ3v) is 6.44. The average Bonchev–Trinajstić information content (AvgIpc) is 2.43. The van der Waals surface area contributed by atoms with E-state index in [0.29, 0.717) is 5.56 Å². The molecule has 0 aromatic heterocycles. The fourth-order valence-electron chi connectivity index (χ4n) is 2.22. The molecule has 0 saturated heterocycles. The molecule has 1 N–H and O–H groups in total. The Morgan fingerprint density at radius 2 is 1.78 bits per heavy atom. The molecule has 9 heteroatoms. The summed E-state index contributed by atoms with van der Waals surface area (Å²) in [7, 11) is -4.06. The number of benzene rings is 2. The number of hydrogen-bond donors (Lipinski definition) is 1. The van der Waals surface area contributed by atoms with E-state index < -0.39 is 16.1 Å². The van der Waals surface area contributed by atoms with Crippen molar-refractivity contribution < 1.29 is 13.2 Å². The van der Waals surface area contributed by atoms with Crippen LogP contribution in [0.5, 0.6) is 0 Å². The largest absolute Gasteiger partial charge is 0.336 e. The lowest BCUT2D eigenvalue weighted by Crippen LogP contribution is -2.43. The number of rotatable bonds is 2. The minimum absolute atomic E-state index is 0.0277. The Morgan fingerprint density at radius 1 is 1.13 bits per heavy atom. The number of halogens is 3. The Balaban J connectivity index is 2.06. The highest BCUT2D eigenvalue weighted by Crippen LogP contribution is 2.38. The zero-order chi connectivity index (χ0) is 16.8. The molecule has 0 aliphatic carbocycles. The highest BCUT2D eigenvalue weighted by atomic mass is 127. The van der Waals surface area contributed by atoms with Crippen LogP contribution < -0.4 is 5.32 Å². The minimum Gasteiger partial charge on any atom is -0.306 e. The van der Waals surface area contributed by atoms with Gasteiger partial charge in [-0.2, -0.15) is 0 Å². The van der Waals surface area contributed by atoms with Crippen LogP contribution in [0.15, 0.2) is 41.3 Å². The number of sulfonamides is 1. The molecule has 0 fully saturated rings. The van der Waals surface area contributed by atoms with Crippen molar-refractivity contribution in [3.63, 3.8) is 0 Å². The molecule has 2 aromatic rings. The fraction of sp³-hybridized carbons (Fsp3) is 0.0714. The summed E-state index contributed by atoms with van der Waals surface area (Å²) in [6.07, 6.45) is 0. The molecule has 0 saturated carbocycles. The third-order valence-electron chi connectivity index (χ3n) is 3.26. The van der Waals surface area contributed by atoms with Gasteiger partial charge in [0.1, 0.15) is 4.90 Å². The molecule has 0 unspecified atom stereocenters. The summed E-state index contributed by atoms with van der Waals surface area (Å²) in [5.74, 6) is 0. The van der Waals surface area contributed by atoms with E-state index in [9.17, 15) is 13.2 Å². The van der Waals surface area contributed by atoms with Crippen molar-refractivity contribution in [2.45, 2.75) is 11.4 Å². The first-order valence-electron chi connectivity index (χ1n) is 6.36. The van der Waals surface area contributed by atoms with E-state index >= 15 is 0 Å². The first-order valence-corrected chi connectivity index (χ1v) is 9.64. The molecule has 2 aromatic carbocycles. The maximum atomic E-state index is 12.8. The Bertz CT molecular complexity index is 901. The number of amides is 2. The second-order valence-corrected chi connectivity index (χ2v) is 8.72. The second kappa shape index (κ2) is 6.12. The summed E-state index contributed by atoms with van der Waals surface area (Å²) in [4.78, 5) is 12.1. The first kappa shape index (κ1) is 16.8. The smallest absolute Gasteiger partial charge is 0.306 e. The van der Waals surface area contributed by atoms with Gasteiger partial charge in [-0.25, -0.2) is 17.5 Å². The number of carbonyl (C=O) groups is 1. The van der Waals surface area contributed by atoms with Crippen molar-refractivity contribution in [1.82, 2.24) is 4.31 Å². The summed E-state index contributed by atoms with van der Waals surface area (Å²) in [5.41, 5.74) is 0.782. The Hall–Kier alpha value is -1.03. The number of nitrogens with zero attached hydrogens (tertiary/aromatic N) is 1. The zero-order valence-corrected chi connectivity index (χ0v) is 15.9. The predicted octanol–water partition coefficient (Wildman–Crippen LogP) is 4.33. The number of carbonyl (C=O) groups excluding carboxylic acids is 1. The van der Waals surface area contributed by atoms with Gasteiger partial charge in [-0.15, -0.1) is 0 Å². The summed E-state index contributed by atoms with van der Waals surface area (Å²) >= 11 is 14.0. The monoisotopic (exact) mass is 482 g/mol. The van der Waals surface area contributed by atoms with Gasteiger partial charge in [0.25, 0.3) is 10.0 Å². The Morgan fingerprint density at radius 3 is 2.43 bits per heavy atom.